The summed E-state index contributed by atoms with van der Waals surface area (Å²) in [6.45, 7) is 0. The highest BCUT2D eigenvalue weighted by Crippen LogP contribution is 2.61. The zero-order chi connectivity index (χ0) is 22.1. The molecule has 0 aromatic heterocycles. The molecule has 0 unspecified atom stereocenters. The summed E-state index contributed by atoms with van der Waals surface area (Å²) in [5, 5.41) is 9.16. The molecule has 0 radical (unpaired) electrons. The lowest BCUT2D eigenvalue weighted by molar-refractivity contribution is -0.127. The smallest absolute Gasteiger partial charge is 0.255 e. The molecule has 6 heteroatoms. The van der Waals surface area contributed by atoms with Crippen LogP contribution in [0.1, 0.15) is 55.3 Å². The Labute approximate surface area is 194 Å². The Morgan fingerprint density at radius 2 is 1.34 bits per heavy atom. The van der Waals surface area contributed by atoms with Crippen molar-refractivity contribution in [3.8, 4) is 0 Å². The lowest BCUT2D eigenvalue weighted by Crippen LogP contribution is -2.48. The second kappa shape index (κ2) is 8.66. The normalized spacial score (nSPS) is 27.6. The number of thiocarbonyl (C=S) groups is 1. The fourth-order valence-electron chi connectivity index (χ4n) is 6.61. The van der Waals surface area contributed by atoms with Crippen molar-refractivity contribution in [3.05, 3.63) is 60.2 Å². The molecular weight excluding hydrogens is 418 g/mol. The van der Waals surface area contributed by atoms with Gasteiger partial charge in [0, 0.05) is 23.4 Å². The lowest BCUT2D eigenvalue weighted by Gasteiger charge is -2.56. The number of nitrogens with one attached hydrogen (secondary N) is 3. The monoisotopic (exact) mass is 447 g/mol. The van der Waals surface area contributed by atoms with Gasteiger partial charge in [-0.2, -0.15) is 0 Å². The first-order chi connectivity index (χ1) is 15.5. The van der Waals surface area contributed by atoms with E-state index in [1.807, 2.05) is 42.5 Å². The van der Waals surface area contributed by atoms with Crippen molar-refractivity contribution in [1.29, 1.82) is 0 Å². The van der Waals surface area contributed by atoms with Crippen molar-refractivity contribution in [3.63, 3.8) is 0 Å². The zero-order valence-electron chi connectivity index (χ0n) is 18.1. The average Bonchev–Trinajstić information content (AvgIpc) is 2.74. The van der Waals surface area contributed by atoms with Crippen molar-refractivity contribution in [2.75, 3.05) is 10.6 Å². The minimum atomic E-state index is -0.154. The van der Waals surface area contributed by atoms with E-state index in [1.165, 1.54) is 38.5 Å². The first-order valence-corrected chi connectivity index (χ1v) is 11.9. The highest BCUT2D eigenvalue weighted by atomic mass is 32.1. The first-order valence-electron chi connectivity index (χ1n) is 11.5. The third-order valence-corrected chi connectivity index (χ3v) is 7.59. The maximum Gasteiger partial charge on any atom is 0.255 e. The van der Waals surface area contributed by atoms with Crippen molar-refractivity contribution in [2.24, 2.45) is 23.2 Å². The number of benzene rings is 2. The minimum absolute atomic E-state index is 0.0243. The molecule has 0 aliphatic heterocycles. The van der Waals surface area contributed by atoms with Crippen LogP contribution < -0.4 is 16.0 Å². The SMILES string of the molecule is O=C(CC12CC3CC(CC(C3)C1)C2)NC(=S)Nc1ccc(NC(=O)c2ccccc2)cc1. The maximum absolute atomic E-state index is 12.8. The van der Waals surface area contributed by atoms with Crippen LogP contribution >= 0.6 is 12.2 Å². The molecule has 0 spiro atoms. The largest absolute Gasteiger partial charge is 0.332 e. The van der Waals surface area contributed by atoms with Crippen LogP contribution in [0.15, 0.2) is 54.6 Å². The fourth-order valence-corrected chi connectivity index (χ4v) is 6.84. The van der Waals surface area contributed by atoms with Gasteiger partial charge in [0.25, 0.3) is 5.91 Å². The van der Waals surface area contributed by atoms with Crippen molar-refractivity contribution < 1.29 is 9.59 Å². The zero-order valence-corrected chi connectivity index (χ0v) is 18.9. The van der Waals surface area contributed by atoms with E-state index in [9.17, 15) is 9.59 Å². The molecular formula is C26H29N3O2S. The van der Waals surface area contributed by atoms with Gasteiger partial charge in [-0.1, -0.05) is 18.2 Å². The van der Waals surface area contributed by atoms with Gasteiger partial charge in [-0.05, 0) is 110 Å². The Hall–Kier alpha value is -2.73. The van der Waals surface area contributed by atoms with E-state index in [0.717, 1.165) is 23.4 Å². The second-order valence-corrected chi connectivity index (χ2v) is 10.4. The van der Waals surface area contributed by atoms with Gasteiger partial charge >= 0.3 is 0 Å². The number of rotatable bonds is 5. The maximum atomic E-state index is 12.8. The molecule has 2 aromatic carbocycles. The van der Waals surface area contributed by atoms with Gasteiger partial charge in [0.2, 0.25) is 5.91 Å². The summed E-state index contributed by atoms with van der Waals surface area (Å²) < 4.78 is 0. The standard InChI is InChI=1S/C26H29N3O2S/c30-23(16-26-13-17-10-18(14-26)12-19(11-17)15-26)29-25(32)28-22-8-6-21(7-9-22)27-24(31)20-4-2-1-3-5-20/h1-9,17-19H,10-16H2,(H,27,31)(H2,28,29,30,32). The molecule has 0 heterocycles. The van der Waals surface area contributed by atoms with E-state index in [1.54, 1.807) is 12.1 Å². The number of carbonyl (C=O) groups is 2. The second-order valence-electron chi connectivity index (χ2n) is 9.99. The fraction of sp³-hybridized carbons (Fsp3) is 0.423. The Morgan fingerprint density at radius 3 is 1.91 bits per heavy atom. The summed E-state index contributed by atoms with van der Waals surface area (Å²) in [5.74, 6) is 2.37. The van der Waals surface area contributed by atoms with Gasteiger partial charge in [-0.3, -0.25) is 9.59 Å². The molecule has 166 valence electrons. The predicted octanol–water partition coefficient (Wildman–Crippen LogP) is 5.36. The molecule has 4 aliphatic rings. The average molecular weight is 448 g/mol. The molecule has 5 nitrogen and oxygen atoms in total. The third kappa shape index (κ3) is 4.70. The van der Waals surface area contributed by atoms with Crippen LogP contribution in [0.2, 0.25) is 0 Å². The molecule has 4 fully saturated rings. The molecule has 2 aromatic rings. The van der Waals surface area contributed by atoms with Gasteiger partial charge in [0.15, 0.2) is 5.11 Å². The molecule has 3 N–H and O–H groups in total. The van der Waals surface area contributed by atoms with Crippen molar-refractivity contribution >= 4 is 40.5 Å². The number of hydrogen-bond donors (Lipinski definition) is 3. The Balaban J connectivity index is 1.12. The number of anilines is 2. The summed E-state index contributed by atoms with van der Waals surface area (Å²) in [7, 11) is 0. The molecule has 32 heavy (non-hydrogen) atoms. The first kappa shape index (κ1) is 21.1. The van der Waals surface area contributed by atoms with Crippen LogP contribution in [-0.2, 0) is 4.79 Å². The molecule has 0 saturated heterocycles. The minimum Gasteiger partial charge on any atom is -0.332 e. The number of carbonyl (C=O) groups excluding carboxylic acids is 2. The molecule has 4 saturated carbocycles. The van der Waals surface area contributed by atoms with E-state index in [0.29, 0.717) is 22.8 Å². The number of amides is 2. The van der Waals surface area contributed by atoms with Crippen LogP contribution in [0, 0.1) is 23.2 Å². The summed E-state index contributed by atoms with van der Waals surface area (Å²) in [4.78, 5) is 25.0. The van der Waals surface area contributed by atoms with E-state index >= 15 is 0 Å². The van der Waals surface area contributed by atoms with Gasteiger partial charge in [0.05, 0.1) is 0 Å². The third-order valence-electron chi connectivity index (χ3n) is 7.39. The summed E-state index contributed by atoms with van der Waals surface area (Å²) >= 11 is 5.38. The Morgan fingerprint density at radius 1 is 0.812 bits per heavy atom. The van der Waals surface area contributed by atoms with E-state index in [2.05, 4.69) is 16.0 Å². The van der Waals surface area contributed by atoms with E-state index < -0.39 is 0 Å². The van der Waals surface area contributed by atoms with E-state index in [4.69, 9.17) is 12.2 Å². The quantitative estimate of drug-likeness (QED) is 0.540. The van der Waals surface area contributed by atoms with Crippen LogP contribution in [0.25, 0.3) is 0 Å². The molecule has 6 rings (SSSR count). The Bertz CT molecular complexity index is 984. The van der Waals surface area contributed by atoms with Crippen LogP contribution in [-0.4, -0.2) is 16.9 Å². The molecule has 4 bridgehead atoms. The van der Waals surface area contributed by atoms with Crippen LogP contribution in [0.4, 0.5) is 11.4 Å². The highest BCUT2D eigenvalue weighted by Gasteiger charge is 2.51. The van der Waals surface area contributed by atoms with E-state index in [-0.39, 0.29) is 17.2 Å². The van der Waals surface area contributed by atoms with Gasteiger partial charge < -0.3 is 16.0 Å². The van der Waals surface area contributed by atoms with Gasteiger partial charge in [0.1, 0.15) is 0 Å². The molecule has 2 amide bonds. The lowest BCUT2D eigenvalue weighted by atomic mass is 9.49. The predicted molar refractivity (Wildman–Crippen MR) is 130 cm³/mol. The van der Waals surface area contributed by atoms with Gasteiger partial charge in [-0.15, -0.1) is 0 Å². The van der Waals surface area contributed by atoms with Crippen molar-refractivity contribution in [1.82, 2.24) is 5.32 Å². The summed E-state index contributed by atoms with van der Waals surface area (Å²) in [6.07, 6.45) is 8.35. The molecule has 4 aliphatic carbocycles. The summed E-state index contributed by atoms with van der Waals surface area (Å²) in [6, 6.07) is 16.4. The highest BCUT2D eigenvalue weighted by molar-refractivity contribution is 7.80. The summed E-state index contributed by atoms with van der Waals surface area (Å²) in [5.41, 5.74) is 2.27. The molecule has 0 atom stereocenters. The Kier molecular flexibility index (Phi) is 5.72. The van der Waals surface area contributed by atoms with Gasteiger partial charge in [-0.25, -0.2) is 0 Å². The van der Waals surface area contributed by atoms with Crippen LogP contribution in [0.5, 0.6) is 0 Å². The topological polar surface area (TPSA) is 70.2 Å². The number of hydrogen-bond acceptors (Lipinski definition) is 3. The van der Waals surface area contributed by atoms with Crippen molar-refractivity contribution in [2.45, 2.75) is 44.9 Å². The van der Waals surface area contributed by atoms with Crippen LogP contribution in [0.3, 0.4) is 0 Å².